The molecule has 1 heterocycles. The zero-order valence-corrected chi connectivity index (χ0v) is 10.2. The SMILES string of the molecule is CC(C)COCCNC(=O)C1CNCCN1. The van der Waals surface area contributed by atoms with Gasteiger partial charge in [0.1, 0.15) is 0 Å². The molecule has 1 rings (SSSR count). The van der Waals surface area contributed by atoms with E-state index < -0.39 is 0 Å². The lowest BCUT2D eigenvalue weighted by atomic mass is 10.2. The molecule has 0 aromatic carbocycles. The highest BCUT2D eigenvalue weighted by atomic mass is 16.5. The molecule has 0 spiro atoms. The van der Waals surface area contributed by atoms with E-state index in [1.807, 2.05) is 0 Å². The van der Waals surface area contributed by atoms with Crippen molar-refractivity contribution < 1.29 is 9.53 Å². The van der Waals surface area contributed by atoms with Gasteiger partial charge < -0.3 is 20.7 Å². The van der Waals surface area contributed by atoms with E-state index in [1.165, 1.54) is 0 Å². The van der Waals surface area contributed by atoms with E-state index in [0.717, 1.165) is 19.7 Å². The van der Waals surface area contributed by atoms with Crippen molar-refractivity contribution in [3.8, 4) is 0 Å². The summed E-state index contributed by atoms with van der Waals surface area (Å²) in [6.45, 7) is 8.63. The molecule has 1 saturated heterocycles. The van der Waals surface area contributed by atoms with Crippen LogP contribution in [-0.4, -0.2) is 51.3 Å². The van der Waals surface area contributed by atoms with Crippen LogP contribution in [0.5, 0.6) is 0 Å². The summed E-state index contributed by atoms with van der Waals surface area (Å²) in [6.07, 6.45) is 0. The van der Waals surface area contributed by atoms with Crippen molar-refractivity contribution in [2.24, 2.45) is 5.92 Å². The largest absolute Gasteiger partial charge is 0.379 e. The Morgan fingerprint density at radius 1 is 1.50 bits per heavy atom. The smallest absolute Gasteiger partial charge is 0.238 e. The van der Waals surface area contributed by atoms with Gasteiger partial charge in [-0.05, 0) is 5.92 Å². The highest BCUT2D eigenvalue weighted by molar-refractivity contribution is 5.82. The van der Waals surface area contributed by atoms with Crippen LogP contribution >= 0.6 is 0 Å². The summed E-state index contributed by atoms with van der Waals surface area (Å²) >= 11 is 0. The van der Waals surface area contributed by atoms with Crippen LogP contribution in [0, 0.1) is 5.92 Å². The van der Waals surface area contributed by atoms with E-state index in [1.54, 1.807) is 0 Å². The van der Waals surface area contributed by atoms with Crippen LogP contribution in [0.2, 0.25) is 0 Å². The summed E-state index contributed by atoms with van der Waals surface area (Å²) in [5.41, 5.74) is 0. The fourth-order valence-corrected chi connectivity index (χ4v) is 1.53. The highest BCUT2D eigenvalue weighted by Crippen LogP contribution is 1.91. The number of nitrogens with one attached hydrogen (secondary N) is 3. The second-order valence-electron chi connectivity index (χ2n) is 4.47. The first-order valence-corrected chi connectivity index (χ1v) is 5.99. The number of amides is 1. The van der Waals surface area contributed by atoms with Gasteiger partial charge in [-0.3, -0.25) is 4.79 Å². The predicted octanol–water partition coefficient (Wildman–Crippen LogP) is -0.663. The highest BCUT2D eigenvalue weighted by Gasteiger charge is 2.19. The molecule has 1 aliphatic rings. The molecule has 1 unspecified atom stereocenters. The number of hydrogen-bond donors (Lipinski definition) is 3. The Labute approximate surface area is 97.3 Å². The summed E-state index contributed by atoms with van der Waals surface area (Å²) in [5.74, 6) is 0.597. The van der Waals surface area contributed by atoms with Gasteiger partial charge in [-0.1, -0.05) is 13.8 Å². The van der Waals surface area contributed by atoms with Crippen molar-refractivity contribution in [2.75, 3.05) is 39.4 Å². The molecule has 0 aromatic rings. The van der Waals surface area contributed by atoms with Crippen LogP contribution in [-0.2, 0) is 9.53 Å². The van der Waals surface area contributed by atoms with Crippen molar-refractivity contribution in [2.45, 2.75) is 19.9 Å². The van der Waals surface area contributed by atoms with Crippen molar-refractivity contribution in [1.82, 2.24) is 16.0 Å². The lowest BCUT2D eigenvalue weighted by Gasteiger charge is -2.23. The molecule has 0 aromatic heterocycles. The first kappa shape index (κ1) is 13.4. The van der Waals surface area contributed by atoms with Crippen molar-refractivity contribution >= 4 is 5.91 Å². The molecule has 1 amide bonds. The average Bonchev–Trinajstić information content (AvgIpc) is 2.29. The number of ether oxygens (including phenoxy) is 1. The van der Waals surface area contributed by atoms with Crippen molar-refractivity contribution in [3.05, 3.63) is 0 Å². The molecule has 94 valence electrons. The normalized spacial score (nSPS) is 21.1. The van der Waals surface area contributed by atoms with Crippen LogP contribution in [0.4, 0.5) is 0 Å². The van der Waals surface area contributed by atoms with Gasteiger partial charge in [0.05, 0.1) is 12.6 Å². The molecule has 0 saturated carbocycles. The van der Waals surface area contributed by atoms with E-state index >= 15 is 0 Å². The van der Waals surface area contributed by atoms with Crippen LogP contribution in [0.3, 0.4) is 0 Å². The Balaban J connectivity index is 2.01. The third-order valence-corrected chi connectivity index (χ3v) is 2.35. The Kier molecular flexibility index (Phi) is 6.37. The van der Waals surface area contributed by atoms with Crippen LogP contribution < -0.4 is 16.0 Å². The van der Waals surface area contributed by atoms with Crippen molar-refractivity contribution in [1.29, 1.82) is 0 Å². The maximum atomic E-state index is 11.6. The molecule has 1 fully saturated rings. The molecule has 16 heavy (non-hydrogen) atoms. The zero-order chi connectivity index (χ0) is 11.8. The fraction of sp³-hybridized carbons (Fsp3) is 0.909. The van der Waals surface area contributed by atoms with Gasteiger partial charge in [-0.2, -0.15) is 0 Å². The van der Waals surface area contributed by atoms with Crippen LogP contribution in [0.1, 0.15) is 13.8 Å². The topological polar surface area (TPSA) is 62.4 Å². The minimum Gasteiger partial charge on any atom is -0.379 e. The number of piperazine rings is 1. The lowest BCUT2D eigenvalue weighted by molar-refractivity contribution is -0.123. The predicted molar refractivity (Wildman–Crippen MR) is 63.3 cm³/mol. The summed E-state index contributed by atoms with van der Waals surface area (Å²) in [5, 5.41) is 9.20. The molecule has 3 N–H and O–H groups in total. The molecule has 5 nitrogen and oxygen atoms in total. The maximum absolute atomic E-state index is 11.6. The van der Waals surface area contributed by atoms with Gasteiger partial charge in [0, 0.05) is 32.8 Å². The second kappa shape index (κ2) is 7.60. The molecule has 0 aliphatic carbocycles. The van der Waals surface area contributed by atoms with E-state index in [2.05, 4.69) is 29.8 Å². The average molecular weight is 229 g/mol. The Bertz CT molecular complexity index is 203. The van der Waals surface area contributed by atoms with Crippen LogP contribution in [0.15, 0.2) is 0 Å². The van der Waals surface area contributed by atoms with E-state index in [4.69, 9.17) is 4.74 Å². The second-order valence-corrected chi connectivity index (χ2v) is 4.47. The molecule has 5 heteroatoms. The van der Waals surface area contributed by atoms with Gasteiger partial charge in [0.15, 0.2) is 0 Å². The monoisotopic (exact) mass is 229 g/mol. The molecule has 0 bridgehead atoms. The third kappa shape index (κ3) is 5.44. The standard InChI is InChI=1S/C11H23N3O2/c1-9(2)8-16-6-5-14-11(15)10-7-12-3-4-13-10/h9-10,12-13H,3-8H2,1-2H3,(H,14,15). The number of hydrogen-bond acceptors (Lipinski definition) is 4. The summed E-state index contributed by atoms with van der Waals surface area (Å²) in [7, 11) is 0. The lowest BCUT2D eigenvalue weighted by Crippen LogP contribution is -2.56. The van der Waals surface area contributed by atoms with Crippen molar-refractivity contribution in [3.63, 3.8) is 0 Å². The minimum absolute atomic E-state index is 0.0559. The van der Waals surface area contributed by atoms with Crippen LogP contribution in [0.25, 0.3) is 0 Å². The molecule has 1 atom stereocenters. The number of carbonyl (C=O) groups is 1. The van der Waals surface area contributed by atoms with Gasteiger partial charge in [-0.25, -0.2) is 0 Å². The van der Waals surface area contributed by atoms with E-state index in [0.29, 0.717) is 25.6 Å². The van der Waals surface area contributed by atoms with Gasteiger partial charge in [-0.15, -0.1) is 0 Å². The summed E-state index contributed by atoms with van der Waals surface area (Å²) in [6, 6.07) is -0.0983. The minimum atomic E-state index is -0.0983. The zero-order valence-electron chi connectivity index (χ0n) is 10.2. The Hall–Kier alpha value is -0.650. The van der Waals surface area contributed by atoms with Gasteiger partial charge >= 0.3 is 0 Å². The van der Waals surface area contributed by atoms with E-state index in [9.17, 15) is 4.79 Å². The number of rotatable bonds is 6. The molecular weight excluding hydrogens is 206 g/mol. The molecular formula is C11H23N3O2. The first-order chi connectivity index (χ1) is 7.70. The first-order valence-electron chi connectivity index (χ1n) is 5.99. The summed E-state index contributed by atoms with van der Waals surface area (Å²) in [4.78, 5) is 11.6. The maximum Gasteiger partial charge on any atom is 0.238 e. The molecule has 0 radical (unpaired) electrons. The Morgan fingerprint density at radius 2 is 2.31 bits per heavy atom. The van der Waals surface area contributed by atoms with E-state index in [-0.39, 0.29) is 11.9 Å². The number of carbonyl (C=O) groups excluding carboxylic acids is 1. The molecule has 1 aliphatic heterocycles. The van der Waals surface area contributed by atoms with Gasteiger partial charge in [0.2, 0.25) is 5.91 Å². The fourth-order valence-electron chi connectivity index (χ4n) is 1.53. The third-order valence-electron chi connectivity index (χ3n) is 2.35. The summed E-state index contributed by atoms with van der Waals surface area (Å²) < 4.78 is 5.38. The quantitative estimate of drug-likeness (QED) is 0.529. The Morgan fingerprint density at radius 3 is 2.94 bits per heavy atom. The van der Waals surface area contributed by atoms with Gasteiger partial charge in [0.25, 0.3) is 0 Å².